The molecule has 4 rings (SSSR count). The fourth-order valence-corrected chi connectivity index (χ4v) is 4.21. The number of ether oxygens (including phenoxy) is 1. The number of hydrogen-bond donors (Lipinski definition) is 1. The number of morpholine rings is 1. The molecule has 2 aromatic carbocycles. The fraction of sp³-hybridized carbons (Fsp3) is 0.375. The maximum atomic E-state index is 12.8. The molecule has 2 unspecified atom stereocenters. The van der Waals surface area contributed by atoms with Crippen molar-refractivity contribution in [3.05, 3.63) is 70.1 Å². The number of fused-ring (bicyclic) bond motifs is 1. The summed E-state index contributed by atoms with van der Waals surface area (Å²) in [6.45, 7) is 5.35. The number of nitrogens with one attached hydrogen (secondary N) is 1. The molecule has 3 aromatic rings. The minimum Gasteiger partial charge on any atom is -0.372 e. The molecule has 0 saturated carbocycles. The predicted molar refractivity (Wildman–Crippen MR) is 121 cm³/mol. The molecule has 8 heteroatoms. The van der Waals surface area contributed by atoms with Crippen LogP contribution in [0.1, 0.15) is 29.8 Å². The summed E-state index contributed by atoms with van der Waals surface area (Å²) in [5.41, 5.74) is 2.78. The van der Waals surface area contributed by atoms with Crippen molar-refractivity contribution in [3.8, 4) is 0 Å². The van der Waals surface area contributed by atoms with Crippen LogP contribution in [0.25, 0.3) is 11.0 Å². The number of rotatable bonds is 5. The Morgan fingerprint density at radius 2 is 1.62 bits per heavy atom. The summed E-state index contributed by atoms with van der Waals surface area (Å²) in [4.78, 5) is 39.5. The van der Waals surface area contributed by atoms with Gasteiger partial charge in [0.1, 0.15) is 6.54 Å². The summed E-state index contributed by atoms with van der Waals surface area (Å²) in [7, 11) is 1.69. The van der Waals surface area contributed by atoms with E-state index in [2.05, 4.69) is 5.32 Å². The van der Waals surface area contributed by atoms with Gasteiger partial charge in [-0.1, -0.05) is 24.3 Å². The van der Waals surface area contributed by atoms with Gasteiger partial charge in [0, 0.05) is 32.2 Å². The number of aryl methyl sites for hydroxylation is 1. The molecule has 0 spiro atoms. The van der Waals surface area contributed by atoms with Crippen LogP contribution >= 0.6 is 0 Å². The van der Waals surface area contributed by atoms with Crippen molar-refractivity contribution in [3.63, 3.8) is 0 Å². The van der Waals surface area contributed by atoms with Crippen molar-refractivity contribution in [2.75, 3.05) is 13.1 Å². The third kappa shape index (κ3) is 4.45. The molecule has 0 radical (unpaired) electrons. The number of carbonyl (C=O) groups excluding carboxylic acids is 2. The Labute approximate surface area is 186 Å². The van der Waals surface area contributed by atoms with E-state index < -0.39 is 0 Å². The normalized spacial score (nSPS) is 18.7. The maximum Gasteiger partial charge on any atom is 0.329 e. The molecule has 2 heterocycles. The quantitative estimate of drug-likeness (QED) is 0.662. The van der Waals surface area contributed by atoms with Gasteiger partial charge >= 0.3 is 5.69 Å². The van der Waals surface area contributed by atoms with Crippen LogP contribution in [0.4, 0.5) is 0 Å². The van der Waals surface area contributed by atoms with Crippen LogP contribution in [0.2, 0.25) is 0 Å². The lowest BCUT2D eigenvalue weighted by atomic mass is 10.1. The van der Waals surface area contributed by atoms with Gasteiger partial charge in [-0.05, 0) is 43.7 Å². The number of aromatic nitrogens is 2. The first-order valence-electron chi connectivity index (χ1n) is 10.8. The standard InChI is InChI=1S/C24H28N4O4/c1-16-13-27(14-17(2)32-16)23(30)19-10-8-18(9-11-19)12-25-22(29)15-28-21-7-5-4-6-20(21)26(3)24(28)31/h4-11,16-17H,12-15H2,1-3H3,(H,25,29). The Morgan fingerprint density at radius 3 is 2.28 bits per heavy atom. The summed E-state index contributed by atoms with van der Waals surface area (Å²) in [6.07, 6.45) is 0.0397. The highest BCUT2D eigenvalue weighted by molar-refractivity contribution is 5.94. The van der Waals surface area contributed by atoms with Crippen molar-refractivity contribution in [2.45, 2.75) is 39.1 Å². The summed E-state index contributed by atoms with van der Waals surface area (Å²) in [6, 6.07) is 14.6. The molecule has 8 nitrogen and oxygen atoms in total. The Bertz CT molecular complexity index is 1180. The van der Waals surface area contributed by atoms with E-state index in [9.17, 15) is 14.4 Å². The van der Waals surface area contributed by atoms with Crippen molar-refractivity contribution in [1.29, 1.82) is 0 Å². The zero-order valence-corrected chi connectivity index (χ0v) is 18.6. The Kier molecular flexibility index (Phi) is 6.14. The summed E-state index contributed by atoms with van der Waals surface area (Å²) < 4.78 is 8.70. The lowest BCUT2D eigenvalue weighted by molar-refractivity contribution is -0.121. The minimum atomic E-state index is -0.250. The van der Waals surface area contributed by atoms with E-state index in [1.54, 1.807) is 19.2 Å². The van der Waals surface area contributed by atoms with Crippen molar-refractivity contribution < 1.29 is 14.3 Å². The number of para-hydroxylation sites is 2. The van der Waals surface area contributed by atoms with Gasteiger partial charge in [-0.25, -0.2) is 4.79 Å². The van der Waals surface area contributed by atoms with E-state index in [1.165, 1.54) is 9.13 Å². The van der Waals surface area contributed by atoms with E-state index in [0.717, 1.165) is 16.6 Å². The molecule has 2 amide bonds. The van der Waals surface area contributed by atoms with E-state index in [4.69, 9.17) is 4.74 Å². The molecular weight excluding hydrogens is 408 g/mol. The van der Waals surface area contributed by atoms with Crippen LogP contribution in [0.5, 0.6) is 0 Å². The van der Waals surface area contributed by atoms with Gasteiger partial charge in [0.05, 0.1) is 23.2 Å². The smallest absolute Gasteiger partial charge is 0.329 e. The first-order valence-corrected chi connectivity index (χ1v) is 10.8. The van der Waals surface area contributed by atoms with Crippen LogP contribution in [-0.4, -0.2) is 51.1 Å². The topological polar surface area (TPSA) is 85.6 Å². The van der Waals surface area contributed by atoms with Gasteiger partial charge in [-0.2, -0.15) is 0 Å². The second kappa shape index (κ2) is 9.00. The number of nitrogens with zero attached hydrogens (tertiary/aromatic N) is 3. The van der Waals surface area contributed by atoms with Gasteiger partial charge in [0.2, 0.25) is 5.91 Å². The monoisotopic (exact) mass is 436 g/mol. The molecule has 32 heavy (non-hydrogen) atoms. The molecule has 1 aromatic heterocycles. The first kappa shape index (κ1) is 21.8. The van der Waals surface area contributed by atoms with Crippen LogP contribution < -0.4 is 11.0 Å². The van der Waals surface area contributed by atoms with Crippen LogP contribution in [-0.2, 0) is 29.7 Å². The van der Waals surface area contributed by atoms with E-state index >= 15 is 0 Å². The Hall–Kier alpha value is -3.39. The summed E-state index contributed by atoms with van der Waals surface area (Å²) in [5.74, 6) is -0.266. The van der Waals surface area contributed by atoms with E-state index in [0.29, 0.717) is 25.2 Å². The number of imidazole rings is 1. The van der Waals surface area contributed by atoms with E-state index in [-0.39, 0.29) is 36.3 Å². The number of hydrogen-bond acceptors (Lipinski definition) is 4. The molecule has 168 valence electrons. The van der Waals surface area contributed by atoms with Crippen LogP contribution in [0.3, 0.4) is 0 Å². The molecule has 2 atom stereocenters. The molecule has 0 aliphatic carbocycles. The first-order chi connectivity index (χ1) is 15.3. The third-order valence-electron chi connectivity index (χ3n) is 5.75. The predicted octanol–water partition coefficient (Wildman–Crippen LogP) is 1.91. The largest absolute Gasteiger partial charge is 0.372 e. The Morgan fingerprint density at radius 1 is 1.00 bits per heavy atom. The van der Waals surface area contributed by atoms with Gasteiger partial charge < -0.3 is 15.0 Å². The Balaban J connectivity index is 1.37. The van der Waals surface area contributed by atoms with Crippen LogP contribution in [0.15, 0.2) is 53.3 Å². The molecule has 1 aliphatic rings. The second-order valence-electron chi connectivity index (χ2n) is 8.36. The fourth-order valence-electron chi connectivity index (χ4n) is 4.21. The maximum absolute atomic E-state index is 12.8. The average molecular weight is 437 g/mol. The molecule has 1 aliphatic heterocycles. The molecule has 1 saturated heterocycles. The SMILES string of the molecule is CC1CN(C(=O)c2ccc(CNC(=O)Cn3c(=O)n(C)c4ccccc43)cc2)CC(C)O1. The highest BCUT2D eigenvalue weighted by Gasteiger charge is 2.26. The van der Waals surface area contributed by atoms with Gasteiger partial charge in [0.15, 0.2) is 0 Å². The van der Waals surface area contributed by atoms with Crippen LogP contribution in [0, 0.1) is 0 Å². The zero-order chi connectivity index (χ0) is 22.8. The third-order valence-corrected chi connectivity index (χ3v) is 5.75. The molecule has 1 N–H and O–H groups in total. The zero-order valence-electron chi connectivity index (χ0n) is 18.6. The lowest BCUT2D eigenvalue weighted by Crippen LogP contribution is -2.48. The lowest BCUT2D eigenvalue weighted by Gasteiger charge is -2.35. The highest BCUT2D eigenvalue weighted by atomic mass is 16.5. The van der Waals surface area contributed by atoms with Crippen molar-refractivity contribution in [2.24, 2.45) is 7.05 Å². The number of benzene rings is 2. The molecular formula is C24H28N4O4. The van der Waals surface area contributed by atoms with Gasteiger partial charge in [0.25, 0.3) is 5.91 Å². The number of amides is 2. The highest BCUT2D eigenvalue weighted by Crippen LogP contribution is 2.15. The molecule has 1 fully saturated rings. The van der Waals surface area contributed by atoms with E-state index in [1.807, 2.05) is 55.1 Å². The second-order valence-corrected chi connectivity index (χ2v) is 8.36. The van der Waals surface area contributed by atoms with Gasteiger partial charge in [-0.15, -0.1) is 0 Å². The number of carbonyl (C=O) groups is 2. The molecule has 0 bridgehead atoms. The minimum absolute atomic E-state index is 0.0158. The average Bonchev–Trinajstić information content (AvgIpc) is 3.02. The van der Waals surface area contributed by atoms with Crippen molar-refractivity contribution >= 4 is 22.8 Å². The van der Waals surface area contributed by atoms with Gasteiger partial charge in [-0.3, -0.25) is 18.7 Å². The summed E-state index contributed by atoms with van der Waals surface area (Å²) in [5, 5.41) is 2.85. The summed E-state index contributed by atoms with van der Waals surface area (Å²) >= 11 is 0. The van der Waals surface area contributed by atoms with Crippen molar-refractivity contribution in [1.82, 2.24) is 19.4 Å².